The van der Waals surface area contributed by atoms with Crippen LogP contribution in [0.25, 0.3) is 0 Å². The van der Waals surface area contributed by atoms with Gasteiger partial charge in [0.05, 0.1) is 0 Å². The summed E-state index contributed by atoms with van der Waals surface area (Å²) in [7, 11) is 0. The summed E-state index contributed by atoms with van der Waals surface area (Å²) >= 11 is 5.63. The van der Waals surface area contributed by atoms with Crippen LogP contribution in [0.1, 0.15) is 13.8 Å². The lowest BCUT2D eigenvalue weighted by Crippen LogP contribution is -2.01. The van der Waals surface area contributed by atoms with E-state index in [0.29, 0.717) is 5.92 Å². The van der Waals surface area contributed by atoms with Crippen molar-refractivity contribution in [3.63, 3.8) is 0 Å². The molecule has 1 rings (SSSR count). The van der Waals surface area contributed by atoms with Crippen LogP contribution in [-0.2, 0) is 0 Å². The van der Waals surface area contributed by atoms with Gasteiger partial charge in [-0.05, 0) is 12.1 Å². The summed E-state index contributed by atoms with van der Waals surface area (Å²) in [6, 6.07) is 9.63. The van der Waals surface area contributed by atoms with Crippen molar-refractivity contribution in [2.75, 3.05) is 0 Å². The zero-order valence-electron chi connectivity index (χ0n) is 7.83. The molecule has 0 aliphatic heterocycles. The molecule has 0 aromatic heterocycles. The fraction of sp³-hybridized carbons (Fsp3) is 0.273. The molecule has 1 nitrogen and oxygen atoms in total. The molecule has 70 valence electrons. The minimum absolute atomic E-state index is 0.303. The molecule has 0 fully saturated rings. The monoisotopic (exact) mass is 196 g/mol. The summed E-state index contributed by atoms with van der Waals surface area (Å²) < 4.78 is 5.55. The Kier molecular flexibility index (Phi) is 3.84. The van der Waals surface area contributed by atoms with Crippen LogP contribution in [-0.4, -0.2) is 0 Å². The first-order chi connectivity index (χ1) is 6.24. The number of rotatable bonds is 3. The zero-order valence-corrected chi connectivity index (χ0v) is 8.58. The molecule has 0 saturated heterocycles. The van der Waals surface area contributed by atoms with E-state index in [1.54, 1.807) is 0 Å². The van der Waals surface area contributed by atoms with Crippen molar-refractivity contribution in [2.24, 2.45) is 5.92 Å². The standard InChI is InChI=1S/C11H13ClO/c1-9(2)11(8-12)13-10-6-4-3-5-7-10/h3-9H,1-2H3/b11-8-. The van der Waals surface area contributed by atoms with Gasteiger partial charge in [-0.1, -0.05) is 43.6 Å². The van der Waals surface area contributed by atoms with E-state index in [-0.39, 0.29) is 0 Å². The van der Waals surface area contributed by atoms with E-state index in [4.69, 9.17) is 16.3 Å². The molecule has 0 unspecified atom stereocenters. The van der Waals surface area contributed by atoms with Gasteiger partial charge in [-0.3, -0.25) is 0 Å². The molecule has 0 saturated carbocycles. The van der Waals surface area contributed by atoms with Crippen LogP contribution in [0.15, 0.2) is 41.6 Å². The van der Waals surface area contributed by atoms with E-state index in [1.807, 2.05) is 44.2 Å². The topological polar surface area (TPSA) is 9.23 Å². The highest BCUT2D eigenvalue weighted by molar-refractivity contribution is 6.25. The molecule has 0 heterocycles. The molecular formula is C11H13ClO. The van der Waals surface area contributed by atoms with Crippen molar-refractivity contribution in [2.45, 2.75) is 13.8 Å². The summed E-state index contributed by atoms with van der Waals surface area (Å²) in [6.07, 6.45) is 0. The Bertz CT molecular complexity index is 277. The van der Waals surface area contributed by atoms with Crippen LogP contribution in [0.4, 0.5) is 0 Å². The normalized spacial score (nSPS) is 11.8. The Morgan fingerprint density at radius 2 is 1.92 bits per heavy atom. The molecule has 0 N–H and O–H groups in total. The molecule has 1 aromatic carbocycles. The maximum atomic E-state index is 5.63. The SMILES string of the molecule is CC(C)/C(=C/Cl)Oc1ccccc1. The van der Waals surface area contributed by atoms with Gasteiger partial charge in [0, 0.05) is 11.5 Å². The number of benzene rings is 1. The minimum Gasteiger partial charge on any atom is -0.461 e. The quantitative estimate of drug-likeness (QED) is 0.669. The molecule has 0 aliphatic rings. The second-order valence-electron chi connectivity index (χ2n) is 3.08. The molecule has 0 aliphatic carbocycles. The van der Waals surface area contributed by atoms with Crippen molar-refractivity contribution < 1.29 is 4.74 Å². The highest BCUT2D eigenvalue weighted by Gasteiger charge is 2.04. The molecular weight excluding hydrogens is 184 g/mol. The van der Waals surface area contributed by atoms with Gasteiger partial charge >= 0.3 is 0 Å². The first kappa shape index (κ1) is 10.1. The largest absolute Gasteiger partial charge is 0.461 e. The summed E-state index contributed by atoms with van der Waals surface area (Å²) in [5, 5.41) is 0. The third kappa shape index (κ3) is 3.11. The average Bonchev–Trinajstić information content (AvgIpc) is 2.15. The Balaban J connectivity index is 2.69. The highest BCUT2D eigenvalue weighted by atomic mass is 35.5. The van der Waals surface area contributed by atoms with Crippen LogP contribution in [0.2, 0.25) is 0 Å². The molecule has 0 bridgehead atoms. The first-order valence-electron chi connectivity index (χ1n) is 4.27. The Hall–Kier alpha value is -0.950. The van der Waals surface area contributed by atoms with E-state index < -0.39 is 0 Å². The summed E-state index contributed by atoms with van der Waals surface area (Å²) in [6.45, 7) is 4.08. The van der Waals surface area contributed by atoms with Crippen LogP contribution >= 0.6 is 11.6 Å². The molecule has 2 heteroatoms. The minimum atomic E-state index is 0.303. The van der Waals surface area contributed by atoms with Crippen molar-refractivity contribution >= 4 is 11.6 Å². The molecule has 0 atom stereocenters. The zero-order chi connectivity index (χ0) is 9.68. The number of hydrogen-bond donors (Lipinski definition) is 0. The molecule has 0 spiro atoms. The van der Waals surface area contributed by atoms with Gasteiger partial charge in [-0.15, -0.1) is 0 Å². The van der Waals surface area contributed by atoms with E-state index in [2.05, 4.69) is 0 Å². The van der Waals surface area contributed by atoms with Gasteiger partial charge in [0.2, 0.25) is 0 Å². The lowest BCUT2D eigenvalue weighted by atomic mass is 10.2. The molecule has 0 radical (unpaired) electrons. The van der Waals surface area contributed by atoms with Crippen molar-refractivity contribution in [1.29, 1.82) is 0 Å². The second kappa shape index (κ2) is 4.93. The number of hydrogen-bond acceptors (Lipinski definition) is 1. The maximum absolute atomic E-state index is 5.63. The fourth-order valence-electron chi connectivity index (χ4n) is 0.891. The summed E-state index contributed by atoms with van der Waals surface area (Å²) in [5.41, 5.74) is 1.48. The molecule has 0 amide bonds. The first-order valence-corrected chi connectivity index (χ1v) is 4.71. The predicted octanol–water partition coefficient (Wildman–Crippen LogP) is 3.80. The van der Waals surface area contributed by atoms with Crippen molar-refractivity contribution in [1.82, 2.24) is 0 Å². The van der Waals surface area contributed by atoms with Gasteiger partial charge in [0.1, 0.15) is 11.5 Å². The van der Waals surface area contributed by atoms with Gasteiger partial charge in [-0.25, -0.2) is 0 Å². The Labute approximate surface area is 84.0 Å². The van der Waals surface area contributed by atoms with E-state index in [9.17, 15) is 0 Å². The maximum Gasteiger partial charge on any atom is 0.126 e. The van der Waals surface area contributed by atoms with E-state index >= 15 is 0 Å². The van der Waals surface area contributed by atoms with E-state index in [0.717, 1.165) is 11.5 Å². The van der Waals surface area contributed by atoms with Crippen LogP contribution in [0, 0.1) is 5.92 Å². The third-order valence-corrected chi connectivity index (χ3v) is 1.87. The predicted molar refractivity (Wildman–Crippen MR) is 55.8 cm³/mol. The Morgan fingerprint density at radius 3 is 2.38 bits per heavy atom. The van der Waals surface area contributed by atoms with Crippen LogP contribution in [0.3, 0.4) is 0 Å². The van der Waals surface area contributed by atoms with E-state index in [1.165, 1.54) is 5.54 Å². The summed E-state index contributed by atoms with van der Waals surface area (Å²) in [5.74, 6) is 1.91. The third-order valence-electron chi connectivity index (χ3n) is 1.66. The number of para-hydroxylation sites is 1. The fourth-order valence-corrected chi connectivity index (χ4v) is 1.19. The number of ether oxygens (including phenoxy) is 1. The number of halogens is 1. The highest BCUT2D eigenvalue weighted by Crippen LogP contribution is 2.18. The molecule has 1 aromatic rings. The van der Waals surface area contributed by atoms with Gasteiger partial charge in [0.25, 0.3) is 0 Å². The van der Waals surface area contributed by atoms with Gasteiger partial charge < -0.3 is 4.74 Å². The van der Waals surface area contributed by atoms with Crippen molar-refractivity contribution in [3.8, 4) is 5.75 Å². The van der Waals surface area contributed by atoms with Gasteiger partial charge in [-0.2, -0.15) is 0 Å². The average molecular weight is 197 g/mol. The second-order valence-corrected chi connectivity index (χ2v) is 3.30. The van der Waals surface area contributed by atoms with Crippen LogP contribution in [0.5, 0.6) is 5.75 Å². The molecule has 13 heavy (non-hydrogen) atoms. The van der Waals surface area contributed by atoms with Crippen LogP contribution < -0.4 is 4.74 Å². The Morgan fingerprint density at radius 1 is 1.31 bits per heavy atom. The summed E-state index contributed by atoms with van der Waals surface area (Å²) in [4.78, 5) is 0. The lowest BCUT2D eigenvalue weighted by molar-refractivity contribution is 0.370. The smallest absolute Gasteiger partial charge is 0.126 e. The number of allylic oxidation sites excluding steroid dienone is 1. The van der Waals surface area contributed by atoms with Gasteiger partial charge in [0.15, 0.2) is 0 Å². The van der Waals surface area contributed by atoms with Crippen molar-refractivity contribution in [3.05, 3.63) is 41.6 Å². The lowest BCUT2D eigenvalue weighted by Gasteiger charge is -2.11.